The van der Waals surface area contributed by atoms with Gasteiger partial charge in [-0.3, -0.25) is 0 Å². The first-order chi connectivity index (χ1) is 8.46. The van der Waals surface area contributed by atoms with Crippen molar-refractivity contribution >= 4 is 6.01 Å². The van der Waals surface area contributed by atoms with E-state index in [4.69, 9.17) is 4.42 Å². The molecule has 1 saturated heterocycles. The summed E-state index contributed by atoms with van der Waals surface area (Å²) in [5.74, 6) is 0. The SMILES string of the molecule is CC(C)NCc1coc(N2CCC(C)(C)CC2)n1. The highest BCUT2D eigenvalue weighted by Crippen LogP contribution is 2.31. The number of hydrogen-bond acceptors (Lipinski definition) is 4. The van der Waals surface area contributed by atoms with Crippen molar-refractivity contribution < 1.29 is 4.42 Å². The van der Waals surface area contributed by atoms with E-state index in [-0.39, 0.29) is 0 Å². The summed E-state index contributed by atoms with van der Waals surface area (Å²) in [6, 6.07) is 1.26. The lowest BCUT2D eigenvalue weighted by atomic mass is 9.83. The molecule has 1 N–H and O–H groups in total. The van der Waals surface area contributed by atoms with Gasteiger partial charge in [0.05, 0.1) is 5.69 Å². The van der Waals surface area contributed by atoms with Crippen molar-refractivity contribution in [3.8, 4) is 0 Å². The zero-order chi connectivity index (χ0) is 13.2. The number of nitrogens with zero attached hydrogens (tertiary/aromatic N) is 2. The van der Waals surface area contributed by atoms with Crippen LogP contribution >= 0.6 is 0 Å². The molecular weight excluding hydrogens is 226 g/mol. The van der Waals surface area contributed by atoms with E-state index in [9.17, 15) is 0 Å². The van der Waals surface area contributed by atoms with Gasteiger partial charge in [-0.05, 0) is 18.3 Å². The summed E-state index contributed by atoms with van der Waals surface area (Å²) in [6.45, 7) is 11.8. The minimum absolute atomic E-state index is 0.463. The minimum atomic E-state index is 0.463. The fourth-order valence-electron chi connectivity index (χ4n) is 2.13. The summed E-state index contributed by atoms with van der Waals surface area (Å²) < 4.78 is 5.58. The zero-order valence-electron chi connectivity index (χ0n) is 12.0. The lowest BCUT2D eigenvalue weighted by molar-refractivity contribution is 0.273. The van der Waals surface area contributed by atoms with E-state index < -0.39 is 0 Å². The highest BCUT2D eigenvalue weighted by molar-refractivity contribution is 5.28. The summed E-state index contributed by atoms with van der Waals surface area (Å²) in [4.78, 5) is 6.80. The van der Waals surface area contributed by atoms with Crippen LogP contribution < -0.4 is 10.2 Å². The first kappa shape index (κ1) is 13.4. The average molecular weight is 251 g/mol. The van der Waals surface area contributed by atoms with Gasteiger partial charge in [0.25, 0.3) is 6.01 Å². The quantitative estimate of drug-likeness (QED) is 0.893. The Kier molecular flexibility index (Phi) is 3.95. The molecule has 0 radical (unpaired) electrons. The molecule has 1 aliphatic rings. The van der Waals surface area contributed by atoms with Gasteiger partial charge >= 0.3 is 0 Å². The zero-order valence-corrected chi connectivity index (χ0v) is 12.0. The number of nitrogens with one attached hydrogen (secondary N) is 1. The van der Waals surface area contributed by atoms with E-state index in [1.165, 1.54) is 12.8 Å². The summed E-state index contributed by atoms with van der Waals surface area (Å²) in [7, 11) is 0. The number of hydrogen-bond donors (Lipinski definition) is 1. The predicted molar refractivity (Wildman–Crippen MR) is 73.7 cm³/mol. The molecule has 1 fully saturated rings. The Labute approximate surface area is 110 Å². The standard InChI is InChI=1S/C14H25N3O/c1-11(2)15-9-12-10-18-13(16-12)17-7-5-14(3,4)6-8-17/h10-11,15H,5-9H2,1-4H3. The van der Waals surface area contributed by atoms with E-state index in [1.807, 2.05) is 0 Å². The van der Waals surface area contributed by atoms with Crippen molar-refractivity contribution in [1.82, 2.24) is 10.3 Å². The van der Waals surface area contributed by atoms with Gasteiger partial charge in [0.2, 0.25) is 0 Å². The third kappa shape index (κ3) is 3.48. The number of anilines is 1. The molecule has 18 heavy (non-hydrogen) atoms. The van der Waals surface area contributed by atoms with Gasteiger partial charge in [-0.15, -0.1) is 0 Å². The maximum atomic E-state index is 5.58. The molecule has 0 bridgehead atoms. The topological polar surface area (TPSA) is 41.3 Å². The monoisotopic (exact) mass is 251 g/mol. The molecule has 0 saturated carbocycles. The molecule has 0 aromatic carbocycles. The number of rotatable bonds is 4. The molecule has 1 aromatic rings. The first-order valence-electron chi connectivity index (χ1n) is 6.89. The van der Waals surface area contributed by atoms with E-state index in [0.717, 1.165) is 31.3 Å². The van der Waals surface area contributed by atoms with Gasteiger partial charge < -0.3 is 14.6 Å². The van der Waals surface area contributed by atoms with Crippen LogP contribution in [0.1, 0.15) is 46.2 Å². The summed E-state index contributed by atoms with van der Waals surface area (Å²) in [5.41, 5.74) is 1.45. The van der Waals surface area contributed by atoms with Crippen molar-refractivity contribution in [3.63, 3.8) is 0 Å². The summed E-state index contributed by atoms with van der Waals surface area (Å²) >= 11 is 0. The third-order valence-corrected chi connectivity index (χ3v) is 3.62. The van der Waals surface area contributed by atoms with E-state index in [2.05, 4.69) is 42.9 Å². The fourth-order valence-corrected chi connectivity index (χ4v) is 2.13. The molecule has 4 heteroatoms. The Morgan fingerprint density at radius 2 is 2.06 bits per heavy atom. The number of piperidine rings is 1. The average Bonchev–Trinajstić information content (AvgIpc) is 2.75. The van der Waals surface area contributed by atoms with Gasteiger partial charge in [0.15, 0.2) is 0 Å². The second-order valence-corrected chi connectivity index (χ2v) is 6.31. The number of aromatic nitrogens is 1. The van der Waals surface area contributed by atoms with Gasteiger partial charge in [0, 0.05) is 25.7 Å². The maximum absolute atomic E-state index is 5.58. The van der Waals surface area contributed by atoms with Gasteiger partial charge in [0.1, 0.15) is 6.26 Å². The highest BCUT2D eigenvalue weighted by Gasteiger charge is 2.27. The van der Waals surface area contributed by atoms with Crippen LogP contribution in [-0.4, -0.2) is 24.1 Å². The third-order valence-electron chi connectivity index (χ3n) is 3.62. The smallest absolute Gasteiger partial charge is 0.297 e. The Bertz CT molecular complexity index is 374. The minimum Gasteiger partial charge on any atom is -0.432 e. The van der Waals surface area contributed by atoms with Crippen LogP contribution in [0, 0.1) is 5.41 Å². The highest BCUT2D eigenvalue weighted by atomic mass is 16.4. The summed E-state index contributed by atoms with van der Waals surface area (Å²) in [5, 5.41) is 3.35. The van der Waals surface area contributed by atoms with Crippen molar-refractivity contribution in [3.05, 3.63) is 12.0 Å². The normalized spacial score (nSPS) is 19.5. The Morgan fingerprint density at radius 3 is 2.67 bits per heavy atom. The second kappa shape index (κ2) is 5.31. The van der Waals surface area contributed by atoms with Crippen molar-refractivity contribution in [2.75, 3.05) is 18.0 Å². The lowest BCUT2D eigenvalue weighted by Gasteiger charge is -2.35. The van der Waals surface area contributed by atoms with E-state index in [1.54, 1.807) is 6.26 Å². The number of oxazole rings is 1. The molecule has 0 aliphatic carbocycles. The van der Waals surface area contributed by atoms with Crippen LogP contribution in [0.15, 0.2) is 10.7 Å². The van der Waals surface area contributed by atoms with Gasteiger partial charge in [-0.2, -0.15) is 4.98 Å². The maximum Gasteiger partial charge on any atom is 0.297 e. The molecule has 2 rings (SSSR count). The Balaban J connectivity index is 1.90. The van der Waals surface area contributed by atoms with E-state index >= 15 is 0 Å². The predicted octanol–water partition coefficient (Wildman–Crippen LogP) is 2.80. The Hall–Kier alpha value is -1.03. The molecule has 0 amide bonds. The van der Waals surface area contributed by atoms with Crippen LogP contribution in [0.2, 0.25) is 0 Å². The Morgan fingerprint density at radius 1 is 1.39 bits per heavy atom. The van der Waals surface area contributed by atoms with Gasteiger partial charge in [-0.1, -0.05) is 27.7 Å². The molecule has 1 aliphatic heterocycles. The second-order valence-electron chi connectivity index (χ2n) is 6.31. The van der Waals surface area contributed by atoms with Crippen LogP contribution in [0.5, 0.6) is 0 Å². The van der Waals surface area contributed by atoms with Crippen LogP contribution in [0.3, 0.4) is 0 Å². The first-order valence-corrected chi connectivity index (χ1v) is 6.89. The fraction of sp³-hybridized carbons (Fsp3) is 0.786. The molecule has 0 unspecified atom stereocenters. The van der Waals surface area contributed by atoms with E-state index in [0.29, 0.717) is 11.5 Å². The van der Waals surface area contributed by atoms with Crippen molar-refractivity contribution in [1.29, 1.82) is 0 Å². The molecule has 1 aromatic heterocycles. The lowest BCUT2D eigenvalue weighted by Crippen LogP contribution is -2.37. The van der Waals surface area contributed by atoms with Gasteiger partial charge in [-0.25, -0.2) is 0 Å². The van der Waals surface area contributed by atoms with Crippen molar-refractivity contribution in [2.24, 2.45) is 5.41 Å². The van der Waals surface area contributed by atoms with Crippen LogP contribution in [-0.2, 0) is 6.54 Å². The molecule has 102 valence electrons. The molecular formula is C14H25N3O. The largest absolute Gasteiger partial charge is 0.432 e. The molecule has 0 spiro atoms. The summed E-state index contributed by atoms with van der Waals surface area (Å²) in [6.07, 6.45) is 4.17. The van der Waals surface area contributed by atoms with Crippen LogP contribution in [0.4, 0.5) is 6.01 Å². The van der Waals surface area contributed by atoms with Crippen LogP contribution in [0.25, 0.3) is 0 Å². The van der Waals surface area contributed by atoms with Crippen molar-refractivity contribution in [2.45, 2.75) is 53.1 Å². The molecule has 4 nitrogen and oxygen atoms in total. The molecule has 2 heterocycles. The molecule has 0 atom stereocenters.